The molecule has 1 aromatic rings. The minimum Gasteiger partial charge on any atom is -0.554 e. The Balaban J connectivity index is 0. The Morgan fingerprint density at radius 2 is 2.22 bits per heavy atom. The number of aromatic nitrogens is 1. The first kappa shape index (κ1) is 27.6. The topological polar surface area (TPSA) is 146 Å². The number of nitrogens with one attached hydrogen (secondary N) is 2. The molecule has 6 N–H and O–H groups in total. The molecule has 0 aliphatic carbocycles. The van der Waals surface area contributed by atoms with Gasteiger partial charge in [0.15, 0.2) is 17.5 Å². The maximum atomic E-state index is 13.5. The number of anilines is 1. The summed E-state index contributed by atoms with van der Waals surface area (Å²) < 4.78 is 18.2. The Bertz CT molecular complexity index is 742. The molecular weight excluding hydrogens is 482 g/mol. The summed E-state index contributed by atoms with van der Waals surface area (Å²) in [7, 11) is 3.27. The van der Waals surface area contributed by atoms with Crippen LogP contribution >= 0.6 is 0 Å². The van der Waals surface area contributed by atoms with E-state index in [1.807, 2.05) is 0 Å². The van der Waals surface area contributed by atoms with Crippen LogP contribution in [0.25, 0.3) is 0 Å². The summed E-state index contributed by atoms with van der Waals surface area (Å²) in [5.41, 5.74) is 10.5. The Morgan fingerprint density at radius 1 is 1.59 bits per heavy atom. The Kier molecular flexibility index (Phi) is 12.9. The van der Waals surface area contributed by atoms with Crippen LogP contribution in [0, 0.1) is 71.7 Å². The van der Waals surface area contributed by atoms with Gasteiger partial charge in [0.25, 0.3) is 0 Å². The van der Waals surface area contributed by atoms with Gasteiger partial charge in [-0.15, -0.1) is 0 Å². The molecular formula is C17H24FN7OPm-2. The molecule has 0 saturated heterocycles. The first-order valence-electron chi connectivity index (χ1n) is 7.30. The van der Waals surface area contributed by atoms with Crippen molar-refractivity contribution >= 4 is 23.7 Å². The quantitative estimate of drug-likeness (QED) is 0.184. The van der Waals surface area contributed by atoms with Crippen molar-refractivity contribution in [2.24, 2.45) is 16.5 Å². The predicted octanol–water partition coefficient (Wildman–Crippen LogP) is 2.31. The number of rotatable bonds is 8. The van der Waals surface area contributed by atoms with E-state index in [1.54, 1.807) is 19.9 Å². The van der Waals surface area contributed by atoms with Gasteiger partial charge in [-0.2, -0.15) is 5.26 Å². The van der Waals surface area contributed by atoms with Crippen LogP contribution in [-0.4, -0.2) is 30.2 Å². The number of ether oxygens (including phenoxy) is 1. The normalized spacial score (nSPS) is 11.7. The minimum atomic E-state index is -0.934. The van der Waals surface area contributed by atoms with Crippen molar-refractivity contribution in [3.05, 3.63) is 43.8 Å². The molecule has 1 heterocycles. The van der Waals surface area contributed by atoms with Crippen molar-refractivity contribution in [1.29, 1.82) is 10.7 Å². The number of hydrogen-bond donors (Lipinski definition) is 4. The standard InChI is InChI=1S/C16H21FN7O.CH3.Pm/c1-16(2,9-20)11-6-13(22-4-5-25-3)23-15(10(11)7-18)24-14(21)12(17)8-19;;/h6-8,18H,3-5,19H2,1-2H3,(H3,21,22,23,24);1H3;/q2*-1;/b12-8+,18-7?;;. The van der Waals surface area contributed by atoms with Gasteiger partial charge < -0.3 is 34.4 Å². The Morgan fingerprint density at radius 3 is 2.70 bits per heavy atom. The Hall–Kier alpha value is -1.65. The van der Waals surface area contributed by atoms with Gasteiger partial charge >= 0.3 is 0 Å². The van der Waals surface area contributed by atoms with Crippen LogP contribution in [0.5, 0.6) is 0 Å². The zero-order chi connectivity index (χ0) is 19.0. The number of aliphatic imine (C=N–C) groups is 1. The SMILES string of the molecule is [CH2-]OCCNc1cc(C(C)(C)C#N)c(C=N)c(/N=C(N)\C(F)=C/N)n1.[CH3-].[Pm]. The number of hydrogen-bond acceptors (Lipinski definition) is 7. The molecule has 0 aromatic carbocycles. The van der Waals surface area contributed by atoms with E-state index in [-0.39, 0.29) is 59.2 Å². The van der Waals surface area contributed by atoms with Crippen molar-refractivity contribution < 1.29 is 49.5 Å². The van der Waals surface area contributed by atoms with Gasteiger partial charge in [0.05, 0.1) is 11.5 Å². The molecule has 0 bridgehead atoms. The second-order valence-electron chi connectivity index (χ2n) is 5.52. The zero-order valence-corrected chi connectivity index (χ0v) is 18.5. The summed E-state index contributed by atoms with van der Waals surface area (Å²) in [4.78, 5) is 8.14. The van der Waals surface area contributed by atoms with Gasteiger partial charge in [-0.05, 0) is 25.5 Å². The Labute approximate surface area is 191 Å². The fourth-order valence-electron chi connectivity index (χ4n) is 1.94. The largest absolute Gasteiger partial charge is 0.554 e. The third-order valence-electron chi connectivity index (χ3n) is 3.31. The van der Waals surface area contributed by atoms with Crippen LogP contribution in [0.1, 0.15) is 25.0 Å². The number of halogens is 1. The first-order valence-corrected chi connectivity index (χ1v) is 7.30. The molecule has 0 saturated carbocycles. The second-order valence-corrected chi connectivity index (χ2v) is 5.52. The number of nitrogens with two attached hydrogens (primary N) is 2. The van der Waals surface area contributed by atoms with Gasteiger partial charge in [-0.3, -0.25) is 0 Å². The molecule has 1 aromatic heterocycles. The molecule has 0 aliphatic rings. The summed E-state index contributed by atoms with van der Waals surface area (Å²) in [5.74, 6) is -1.01. The molecule has 0 unspecified atom stereocenters. The zero-order valence-electron chi connectivity index (χ0n) is 15.6. The van der Waals surface area contributed by atoms with Gasteiger partial charge in [-0.25, -0.2) is 21.5 Å². The van der Waals surface area contributed by atoms with E-state index in [1.165, 1.54) is 0 Å². The van der Waals surface area contributed by atoms with Crippen LogP contribution in [0.3, 0.4) is 0 Å². The first-order chi connectivity index (χ1) is 11.8. The van der Waals surface area contributed by atoms with Gasteiger partial charge in [0, 0.05) is 71.5 Å². The van der Waals surface area contributed by atoms with Crippen LogP contribution < -0.4 is 16.8 Å². The van der Waals surface area contributed by atoms with E-state index in [4.69, 9.17) is 21.6 Å². The van der Waals surface area contributed by atoms with Crippen LogP contribution in [0.15, 0.2) is 23.1 Å². The minimum absolute atomic E-state index is 0. The van der Waals surface area contributed by atoms with Crippen molar-refractivity contribution in [3.8, 4) is 6.07 Å². The van der Waals surface area contributed by atoms with Crippen molar-refractivity contribution in [1.82, 2.24) is 4.98 Å². The van der Waals surface area contributed by atoms with Crippen molar-refractivity contribution in [2.75, 3.05) is 18.5 Å². The molecule has 10 heteroatoms. The number of nitrogens with zero attached hydrogens (tertiary/aromatic N) is 3. The fraction of sp³-hybridized carbons (Fsp3) is 0.294. The molecule has 0 aliphatic heterocycles. The summed E-state index contributed by atoms with van der Waals surface area (Å²) in [6, 6.07) is 3.80. The summed E-state index contributed by atoms with van der Waals surface area (Å²) >= 11 is 0. The fourth-order valence-corrected chi connectivity index (χ4v) is 1.94. The average molecular weight is 506 g/mol. The monoisotopic (exact) mass is 506 g/mol. The molecule has 8 nitrogen and oxygen atoms in total. The molecule has 1 rings (SSSR count). The number of pyridine rings is 1. The van der Waals surface area contributed by atoms with E-state index in [9.17, 15) is 9.65 Å². The van der Waals surface area contributed by atoms with Gasteiger partial charge in [-0.1, -0.05) is 0 Å². The summed E-state index contributed by atoms with van der Waals surface area (Å²) in [5, 5.41) is 20.1. The molecule has 0 atom stereocenters. The molecule has 147 valence electrons. The molecule has 0 fully saturated rings. The molecule has 1 radical (unpaired) electrons. The molecule has 27 heavy (non-hydrogen) atoms. The maximum absolute atomic E-state index is 13.5. The van der Waals surface area contributed by atoms with Crippen LogP contribution in [-0.2, 0) is 10.2 Å². The molecule has 0 spiro atoms. The number of amidine groups is 1. The third kappa shape index (κ3) is 7.47. The van der Waals surface area contributed by atoms with E-state index in [2.05, 4.69) is 28.5 Å². The summed E-state index contributed by atoms with van der Waals surface area (Å²) in [6.45, 7) is 4.11. The average Bonchev–Trinajstić information content (AvgIpc) is 2.60. The smallest absolute Gasteiger partial charge is 0.180 e. The van der Waals surface area contributed by atoms with E-state index < -0.39 is 17.1 Å². The predicted molar refractivity (Wildman–Crippen MR) is 102 cm³/mol. The van der Waals surface area contributed by atoms with Crippen LogP contribution in [0.4, 0.5) is 16.0 Å². The maximum Gasteiger partial charge on any atom is 0.180 e. The second kappa shape index (κ2) is 12.7. The van der Waals surface area contributed by atoms with Crippen LogP contribution in [0.2, 0.25) is 0 Å². The number of nitriles is 1. The molecule has 0 amide bonds. The van der Waals surface area contributed by atoms with Crippen molar-refractivity contribution in [2.45, 2.75) is 19.3 Å². The van der Waals surface area contributed by atoms with Crippen molar-refractivity contribution in [3.63, 3.8) is 0 Å². The third-order valence-corrected chi connectivity index (χ3v) is 3.31. The summed E-state index contributed by atoms with van der Waals surface area (Å²) in [6.07, 6.45) is 1.68. The van der Waals surface area contributed by atoms with E-state index in [0.717, 1.165) is 6.21 Å². The van der Waals surface area contributed by atoms with E-state index >= 15 is 0 Å². The van der Waals surface area contributed by atoms with E-state index in [0.29, 0.717) is 30.7 Å². The van der Waals surface area contributed by atoms with Gasteiger partial charge in [0.1, 0.15) is 5.82 Å². The van der Waals surface area contributed by atoms with Gasteiger partial charge in [0.2, 0.25) is 0 Å².